The zero-order valence-corrected chi connectivity index (χ0v) is 17.2. The molecule has 27 heavy (non-hydrogen) atoms. The molecule has 0 fully saturated rings. The molecular weight excluding hydrogens is 380 g/mol. The highest BCUT2D eigenvalue weighted by atomic mass is 35.5. The highest BCUT2D eigenvalue weighted by Gasteiger charge is 2.28. The quantitative estimate of drug-likeness (QED) is 0.489. The molecular formula is C21H21ClN2O2S. The maximum atomic E-state index is 13.3. The SMILES string of the molecule is CC(=N[S+]([O-])C(C)(C)C)c1c(-c2ccccc2)[nH]c2c(Cl)cccc2c1=O. The van der Waals surface area contributed by atoms with Gasteiger partial charge >= 0.3 is 0 Å². The van der Waals surface area contributed by atoms with Crippen molar-refractivity contribution in [2.24, 2.45) is 4.40 Å². The Balaban J connectivity index is 2.35. The van der Waals surface area contributed by atoms with E-state index in [1.165, 1.54) is 0 Å². The second-order valence-electron chi connectivity index (χ2n) is 7.27. The van der Waals surface area contributed by atoms with Gasteiger partial charge in [-0.2, -0.15) is 0 Å². The van der Waals surface area contributed by atoms with Gasteiger partial charge in [-0.15, -0.1) is 0 Å². The molecule has 140 valence electrons. The van der Waals surface area contributed by atoms with E-state index in [4.69, 9.17) is 11.6 Å². The normalized spacial score (nSPS) is 13.8. The number of para-hydroxylation sites is 1. The molecule has 0 aliphatic carbocycles. The van der Waals surface area contributed by atoms with Gasteiger partial charge in [0, 0.05) is 5.39 Å². The topological polar surface area (TPSA) is 68.3 Å². The van der Waals surface area contributed by atoms with Gasteiger partial charge in [0.05, 0.1) is 21.8 Å². The van der Waals surface area contributed by atoms with Crippen molar-refractivity contribution < 1.29 is 4.55 Å². The lowest BCUT2D eigenvalue weighted by Gasteiger charge is -2.19. The van der Waals surface area contributed by atoms with E-state index in [0.717, 1.165) is 5.56 Å². The Labute approximate surface area is 166 Å². The van der Waals surface area contributed by atoms with Gasteiger partial charge < -0.3 is 9.54 Å². The average Bonchev–Trinajstić information content (AvgIpc) is 2.62. The Morgan fingerprint density at radius 1 is 1.11 bits per heavy atom. The number of aromatic amines is 1. The van der Waals surface area contributed by atoms with E-state index in [0.29, 0.717) is 32.9 Å². The number of fused-ring (bicyclic) bond motifs is 1. The smallest absolute Gasteiger partial charge is 0.199 e. The number of hydrogen-bond donors (Lipinski definition) is 1. The zero-order chi connectivity index (χ0) is 19.8. The van der Waals surface area contributed by atoms with Crippen LogP contribution in [0.1, 0.15) is 33.3 Å². The first-order chi connectivity index (χ1) is 12.7. The Bertz CT molecular complexity index is 1070. The first-order valence-corrected chi connectivity index (χ1v) is 10.1. The minimum Gasteiger partial charge on any atom is -0.591 e. The molecule has 0 saturated heterocycles. The minimum atomic E-state index is -1.47. The lowest BCUT2D eigenvalue weighted by molar-refractivity contribution is 0.561. The van der Waals surface area contributed by atoms with Crippen LogP contribution in [0, 0.1) is 0 Å². The third-order valence-corrected chi connectivity index (χ3v) is 5.96. The number of benzene rings is 2. The molecule has 1 heterocycles. The van der Waals surface area contributed by atoms with E-state index in [9.17, 15) is 9.35 Å². The minimum absolute atomic E-state index is 0.183. The van der Waals surface area contributed by atoms with Gasteiger partial charge in [-0.05, 0) is 45.4 Å². The molecule has 0 saturated carbocycles. The van der Waals surface area contributed by atoms with Gasteiger partial charge in [0.1, 0.15) is 21.8 Å². The van der Waals surface area contributed by atoms with Gasteiger partial charge in [-0.3, -0.25) is 4.79 Å². The van der Waals surface area contributed by atoms with Crippen molar-refractivity contribution in [2.75, 3.05) is 0 Å². The summed E-state index contributed by atoms with van der Waals surface area (Å²) >= 11 is 4.85. The highest BCUT2D eigenvalue weighted by molar-refractivity contribution is 7.91. The van der Waals surface area contributed by atoms with Crippen molar-refractivity contribution in [1.82, 2.24) is 4.98 Å². The van der Waals surface area contributed by atoms with Crippen LogP contribution < -0.4 is 5.43 Å². The standard InChI is InChI=1S/C21H21ClN2O2S/c1-13(24-27(26)21(2,3)4)17-18(14-9-6-5-7-10-14)23-19-15(20(17)25)11-8-12-16(19)22/h5-12H,1-4H3,(H,23,25). The molecule has 0 spiro atoms. The summed E-state index contributed by atoms with van der Waals surface area (Å²) in [5.41, 5.74) is 2.70. The largest absolute Gasteiger partial charge is 0.591 e. The molecule has 0 radical (unpaired) electrons. The van der Waals surface area contributed by atoms with Crippen LogP contribution in [0.2, 0.25) is 5.02 Å². The molecule has 2 aromatic carbocycles. The van der Waals surface area contributed by atoms with Crippen LogP contribution in [0.4, 0.5) is 0 Å². The number of nitrogens with zero attached hydrogens (tertiary/aromatic N) is 1. The number of rotatable bonds is 3. The van der Waals surface area contributed by atoms with Crippen molar-refractivity contribution in [3.8, 4) is 11.3 Å². The van der Waals surface area contributed by atoms with E-state index < -0.39 is 16.1 Å². The summed E-state index contributed by atoms with van der Waals surface area (Å²) in [5.74, 6) is 0. The van der Waals surface area contributed by atoms with E-state index in [1.807, 2.05) is 51.1 Å². The van der Waals surface area contributed by atoms with Gasteiger partial charge in [0.25, 0.3) is 0 Å². The van der Waals surface area contributed by atoms with Crippen LogP contribution in [0.3, 0.4) is 0 Å². The molecule has 6 heteroatoms. The van der Waals surface area contributed by atoms with Gasteiger partial charge in [0.2, 0.25) is 0 Å². The third-order valence-electron chi connectivity index (χ3n) is 4.15. The summed E-state index contributed by atoms with van der Waals surface area (Å²) in [4.78, 5) is 16.6. The van der Waals surface area contributed by atoms with Crippen molar-refractivity contribution >= 4 is 39.6 Å². The van der Waals surface area contributed by atoms with Crippen LogP contribution in [0.15, 0.2) is 57.7 Å². The van der Waals surface area contributed by atoms with Crippen molar-refractivity contribution in [3.05, 3.63) is 69.3 Å². The predicted molar refractivity (Wildman–Crippen MR) is 115 cm³/mol. The highest BCUT2D eigenvalue weighted by Crippen LogP contribution is 2.27. The Morgan fingerprint density at radius 3 is 2.41 bits per heavy atom. The molecule has 1 aromatic heterocycles. The zero-order valence-electron chi connectivity index (χ0n) is 15.7. The Kier molecular flexibility index (Phi) is 5.47. The van der Waals surface area contributed by atoms with E-state index in [2.05, 4.69) is 9.38 Å². The van der Waals surface area contributed by atoms with Crippen LogP contribution >= 0.6 is 11.6 Å². The molecule has 4 nitrogen and oxygen atoms in total. The monoisotopic (exact) mass is 400 g/mol. The number of aromatic nitrogens is 1. The number of halogens is 1. The second-order valence-corrected chi connectivity index (χ2v) is 9.58. The van der Waals surface area contributed by atoms with Crippen LogP contribution in [0.5, 0.6) is 0 Å². The lowest BCUT2D eigenvalue weighted by Crippen LogP contribution is -2.28. The van der Waals surface area contributed by atoms with E-state index in [1.54, 1.807) is 25.1 Å². The summed E-state index contributed by atoms with van der Waals surface area (Å²) in [7, 11) is 0. The summed E-state index contributed by atoms with van der Waals surface area (Å²) < 4.78 is 16.3. The first kappa shape index (κ1) is 19.7. The first-order valence-electron chi connectivity index (χ1n) is 8.57. The van der Waals surface area contributed by atoms with Crippen molar-refractivity contribution in [3.63, 3.8) is 0 Å². The molecule has 1 unspecified atom stereocenters. The Morgan fingerprint density at radius 2 is 1.78 bits per heavy atom. The predicted octanol–water partition coefficient (Wildman–Crippen LogP) is 5.12. The molecule has 3 aromatic rings. The van der Waals surface area contributed by atoms with Crippen LogP contribution in [-0.2, 0) is 11.4 Å². The van der Waals surface area contributed by atoms with Crippen molar-refractivity contribution in [1.29, 1.82) is 0 Å². The fourth-order valence-corrected chi connectivity index (χ4v) is 3.59. The van der Waals surface area contributed by atoms with Crippen molar-refractivity contribution in [2.45, 2.75) is 32.4 Å². The molecule has 3 rings (SSSR count). The summed E-state index contributed by atoms with van der Waals surface area (Å²) in [5, 5.41) is 0.953. The third kappa shape index (κ3) is 3.95. The molecule has 0 amide bonds. The molecule has 1 atom stereocenters. The van der Waals surface area contributed by atoms with Crippen LogP contribution in [-0.4, -0.2) is 20.0 Å². The van der Waals surface area contributed by atoms with Gasteiger partial charge in [-0.1, -0.05) is 52.4 Å². The molecule has 1 N–H and O–H groups in total. The second kappa shape index (κ2) is 7.50. The fourth-order valence-electron chi connectivity index (χ4n) is 2.75. The number of hydrogen-bond acceptors (Lipinski definition) is 3. The maximum Gasteiger partial charge on any atom is 0.199 e. The van der Waals surface area contributed by atoms with Gasteiger partial charge in [0.15, 0.2) is 5.43 Å². The summed E-state index contributed by atoms with van der Waals surface area (Å²) in [6, 6.07) is 14.7. The fraction of sp³-hybridized carbons (Fsp3) is 0.238. The number of pyridine rings is 1. The summed E-state index contributed by atoms with van der Waals surface area (Å²) in [6.07, 6.45) is 0. The lowest BCUT2D eigenvalue weighted by atomic mass is 10.00. The molecule has 0 aliphatic rings. The average molecular weight is 401 g/mol. The summed E-state index contributed by atoms with van der Waals surface area (Å²) in [6.45, 7) is 7.27. The van der Waals surface area contributed by atoms with Crippen LogP contribution in [0.25, 0.3) is 22.2 Å². The molecule has 0 aliphatic heterocycles. The maximum absolute atomic E-state index is 13.3. The van der Waals surface area contributed by atoms with E-state index >= 15 is 0 Å². The molecule has 0 bridgehead atoms. The number of nitrogens with one attached hydrogen (secondary N) is 1. The van der Waals surface area contributed by atoms with E-state index in [-0.39, 0.29) is 5.43 Å². The number of H-pyrrole nitrogens is 1. The van der Waals surface area contributed by atoms with Gasteiger partial charge in [-0.25, -0.2) is 0 Å². The Hall–Kier alpha value is -2.08.